The number of nitrogens with zero attached hydrogens (tertiary/aromatic N) is 2. The number of esters is 1. The zero-order chi connectivity index (χ0) is 18.0. The molecule has 25 heavy (non-hydrogen) atoms. The minimum absolute atomic E-state index is 0.143. The Labute approximate surface area is 149 Å². The molecule has 1 aromatic heterocycles. The zero-order valence-electron chi connectivity index (χ0n) is 14.1. The molecule has 0 atom stereocenters. The predicted molar refractivity (Wildman–Crippen MR) is 100.0 cm³/mol. The molecule has 1 aromatic carbocycles. The van der Waals surface area contributed by atoms with Crippen LogP contribution in [-0.4, -0.2) is 31.9 Å². The van der Waals surface area contributed by atoms with Crippen molar-refractivity contribution in [3.8, 4) is 0 Å². The van der Waals surface area contributed by atoms with Crippen LogP contribution in [0.4, 0.5) is 10.7 Å². The fourth-order valence-electron chi connectivity index (χ4n) is 2.23. The van der Waals surface area contributed by atoms with E-state index in [9.17, 15) is 9.59 Å². The lowest BCUT2D eigenvalue weighted by Gasteiger charge is -2.06. The average Bonchev–Trinajstić information content (AvgIpc) is 3.16. The summed E-state index contributed by atoms with van der Waals surface area (Å²) in [6.07, 6.45) is 1.72. The van der Waals surface area contributed by atoms with E-state index in [1.165, 1.54) is 6.92 Å². The van der Waals surface area contributed by atoms with E-state index in [1.807, 2.05) is 31.1 Å². The number of carbonyl (C=O) groups excluding carboxylic acids is 2. The van der Waals surface area contributed by atoms with Crippen molar-refractivity contribution in [2.45, 2.75) is 6.92 Å². The van der Waals surface area contributed by atoms with Gasteiger partial charge in [0, 0.05) is 37.1 Å². The molecular formula is C18H17N3O3S. The molecule has 0 unspecified atom stereocenters. The van der Waals surface area contributed by atoms with Crippen LogP contribution in [0, 0.1) is 0 Å². The first kappa shape index (κ1) is 16.9. The molecule has 0 saturated heterocycles. The van der Waals surface area contributed by atoms with E-state index < -0.39 is 5.97 Å². The Morgan fingerprint density at radius 2 is 1.92 bits per heavy atom. The van der Waals surface area contributed by atoms with Gasteiger partial charge in [-0.25, -0.2) is 9.79 Å². The smallest absolute Gasteiger partial charge is 0.363 e. The van der Waals surface area contributed by atoms with Crippen molar-refractivity contribution in [1.29, 1.82) is 0 Å². The van der Waals surface area contributed by atoms with Crippen LogP contribution in [0.15, 0.2) is 47.1 Å². The fraction of sp³-hybridized carbons (Fsp3) is 0.167. The van der Waals surface area contributed by atoms with Gasteiger partial charge in [-0.2, -0.15) is 0 Å². The molecular weight excluding hydrogens is 338 g/mol. The molecule has 2 heterocycles. The van der Waals surface area contributed by atoms with E-state index in [4.69, 9.17) is 4.74 Å². The molecule has 7 heteroatoms. The summed E-state index contributed by atoms with van der Waals surface area (Å²) in [5, 5.41) is 3.78. The summed E-state index contributed by atoms with van der Waals surface area (Å²) in [5.74, 6) is -0.355. The van der Waals surface area contributed by atoms with E-state index in [1.54, 1.807) is 41.7 Å². The number of hydrogen-bond donors (Lipinski definition) is 1. The Morgan fingerprint density at radius 3 is 2.52 bits per heavy atom. The number of hydrogen-bond acceptors (Lipinski definition) is 6. The number of carbonyl (C=O) groups is 2. The van der Waals surface area contributed by atoms with Crippen LogP contribution < -0.4 is 10.2 Å². The molecule has 6 nitrogen and oxygen atoms in total. The van der Waals surface area contributed by atoms with Crippen LogP contribution in [0.2, 0.25) is 0 Å². The Morgan fingerprint density at radius 1 is 1.20 bits per heavy atom. The maximum atomic E-state index is 12.0. The van der Waals surface area contributed by atoms with E-state index in [0.717, 1.165) is 9.88 Å². The average molecular weight is 355 g/mol. The summed E-state index contributed by atoms with van der Waals surface area (Å²) in [5.41, 5.74) is 1.62. The first-order valence-corrected chi connectivity index (χ1v) is 8.42. The minimum Gasteiger partial charge on any atom is -0.402 e. The van der Waals surface area contributed by atoms with Gasteiger partial charge in [-0.1, -0.05) is 0 Å². The van der Waals surface area contributed by atoms with Crippen LogP contribution in [-0.2, 0) is 14.3 Å². The number of ether oxygens (including phenoxy) is 1. The van der Waals surface area contributed by atoms with E-state index >= 15 is 0 Å². The predicted octanol–water partition coefficient (Wildman–Crippen LogP) is 3.12. The Hall–Kier alpha value is -2.93. The van der Waals surface area contributed by atoms with E-state index in [2.05, 4.69) is 10.3 Å². The van der Waals surface area contributed by atoms with Gasteiger partial charge in [-0.05, 0) is 42.5 Å². The van der Waals surface area contributed by atoms with Gasteiger partial charge in [0.05, 0.1) is 5.00 Å². The number of anilines is 2. The summed E-state index contributed by atoms with van der Waals surface area (Å²) < 4.78 is 5.26. The number of aliphatic imine (C=N–C) groups is 1. The Bertz CT molecular complexity index is 879. The highest BCUT2D eigenvalue weighted by molar-refractivity contribution is 7.16. The normalized spacial score (nSPS) is 15.1. The molecule has 0 saturated carbocycles. The van der Waals surface area contributed by atoms with Crippen molar-refractivity contribution in [3.63, 3.8) is 0 Å². The molecule has 1 aliphatic heterocycles. The second kappa shape index (κ2) is 6.90. The largest absolute Gasteiger partial charge is 0.402 e. The van der Waals surface area contributed by atoms with Gasteiger partial charge in [-0.3, -0.25) is 4.79 Å². The molecule has 0 radical (unpaired) electrons. The SMILES string of the molecule is CC(=O)Nc1ccc(C2=N/C(=C/c3ccc(N(C)C)s3)C(=O)O2)cc1. The standard InChI is InChI=1S/C18H17N3O3S/c1-11(22)19-13-6-4-12(5-7-13)17-20-15(18(23)24-17)10-14-8-9-16(25-14)21(2)3/h4-10H,1-3H3,(H,19,22)/b15-10+. The number of thiophene rings is 1. The van der Waals surface area contributed by atoms with Gasteiger partial charge in [0.2, 0.25) is 11.8 Å². The molecule has 0 fully saturated rings. The van der Waals surface area contributed by atoms with Crippen molar-refractivity contribution >= 4 is 45.9 Å². The van der Waals surface area contributed by atoms with Crippen molar-refractivity contribution in [2.75, 3.05) is 24.3 Å². The van der Waals surface area contributed by atoms with Gasteiger partial charge < -0.3 is 15.0 Å². The number of cyclic esters (lactones) is 1. The van der Waals surface area contributed by atoms with Gasteiger partial charge in [0.1, 0.15) is 0 Å². The molecule has 1 N–H and O–H groups in total. The van der Waals surface area contributed by atoms with Crippen molar-refractivity contribution in [2.24, 2.45) is 4.99 Å². The quantitative estimate of drug-likeness (QED) is 0.676. The first-order chi connectivity index (χ1) is 11.9. The molecule has 0 aliphatic carbocycles. The van der Waals surface area contributed by atoms with Crippen LogP contribution in [0.1, 0.15) is 17.4 Å². The highest BCUT2D eigenvalue weighted by atomic mass is 32.1. The van der Waals surface area contributed by atoms with Crippen LogP contribution in [0.25, 0.3) is 6.08 Å². The van der Waals surface area contributed by atoms with Crippen molar-refractivity contribution in [1.82, 2.24) is 0 Å². The van der Waals surface area contributed by atoms with Gasteiger partial charge >= 0.3 is 5.97 Å². The summed E-state index contributed by atoms with van der Waals surface area (Å²) in [4.78, 5) is 30.3. The molecule has 0 spiro atoms. The summed E-state index contributed by atoms with van der Waals surface area (Å²) in [6.45, 7) is 1.44. The Balaban J connectivity index is 1.81. The van der Waals surface area contributed by atoms with Crippen LogP contribution in [0.5, 0.6) is 0 Å². The highest BCUT2D eigenvalue weighted by Crippen LogP contribution is 2.28. The maximum absolute atomic E-state index is 12.0. The monoisotopic (exact) mass is 355 g/mol. The molecule has 128 valence electrons. The maximum Gasteiger partial charge on any atom is 0.363 e. The molecule has 3 rings (SSSR count). The summed E-state index contributed by atoms with van der Waals surface area (Å²) in [7, 11) is 3.93. The summed E-state index contributed by atoms with van der Waals surface area (Å²) >= 11 is 1.57. The third-order valence-electron chi connectivity index (χ3n) is 3.41. The van der Waals surface area contributed by atoms with Crippen LogP contribution in [0.3, 0.4) is 0 Å². The van der Waals surface area contributed by atoms with E-state index in [0.29, 0.717) is 11.3 Å². The lowest BCUT2D eigenvalue weighted by atomic mass is 10.2. The number of benzene rings is 1. The molecule has 1 amide bonds. The highest BCUT2D eigenvalue weighted by Gasteiger charge is 2.24. The summed E-state index contributed by atoms with van der Waals surface area (Å²) in [6, 6.07) is 10.9. The van der Waals surface area contributed by atoms with Gasteiger partial charge in [0.15, 0.2) is 5.70 Å². The Kier molecular flexibility index (Phi) is 4.67. The third-order valence-corrected chi connectivity index (χ3v) is 4.61. The van der Waals surface area contributed by atoms with Gasteiger partial charge in [0.25, 0.3) is 0 Å². The van der Waals surface area contributed by atoms with Crippen molar-refractivity contribution < 1.29 is 14.3 Å². The fourth-order valence-corrected chi connectivity index (χ4v) is 3.09. The lowest BCUT2D eigenvalue weighted by molar-refractivity contribution is -0.129. The minimum atomic E-state index is -0.472. The van der Waals surface area contributed by atoms with E-state index in [-0.39, 0.29) is 17.5 Å². The molecule has 0 bridgehead atoms. The van der Waals surface area contributed by atoms with Crippen LogP contribution >= 0.6 is 11.3 Å². The molecule has 2 aromatic rings. The number of nitrogens with one attached hydrogen (secondary N) is 1. The number of rotatable bonds is 4. The topological polar surface area (TPSA) is 71.0 Å². The zero-order valence-corrected chi connectivity index (χ0v) is 14.9. The van der Waals surface area contributed by atoms with Crippen molar-refractivity contribution in [3.05, 3.63) is 52.5 Å². The molecule has 1 aliphatic rings. The number of amides is 1. The third kappa shape index (κ3) is 3.95. The lowest BCUT2D eigenvalue weighted by Crippen LogP contribution is -2.07. The second-order valence-electron chi connectivity index (χ2n) is 5.67. The second-order valence-corrected chi connectivity index (χ2v) is 6.76. The van der Waals surface area contributed by atoms with Gasteiger partial charge in [-0.15, -0.1) is 11.3 Å². The first-order valence-electron chi connectivity index (χ1n) is 7.60.